The first-order valence-corrected chi connectivity index (χ1v) is 6.13. The van der Waals surface area contributed by atoms with Crippen molar-refractivity contribution < 1.29 is 9.47 Å². The van der Waals surface area contributed by atoms with Crippen molar-refractivity contribution in [3.63, 3.8) is 0 Å². The van der Waals surface area contributed by atoms with Crippen molar-refractivity contribution in [2.24, 2.45) is 5.41 Å². The van der Waals surface area contributed by atoms with Gasteiger partial charge in [-0.05, 0) is 19.3 Å². The molecule has 1 aliphatic rings. The molecule has 0 aromatic rings. The van der Waals surface area contributed by atoms with Gasteiger partial charge in [-0.2, -0.15) is 0 Å². The summed E-state index contributed by atoms with van der Waals surface area (Å²) in [6.45, 7) is 8.60. The normalized spacial score (nSPS) is 18.2. The first-order chi connectivity index (χ1) is 7.33. The minimum atomic E-state index is 0.539. The van der Waals surface area contributed by atoms with Crippen molar-refractivity contribution in [3.05, 3.63) is 12.8 Å². The highest BCUT2D eigenvalue weighted by atomic mass is 16.5. The largest absolute Gasteiger partial charge is 0.502 e. The number of ether oxygens (including phenoxy) is 2. The maximum atomic E-state index is 5.31. The van der Waals surface area contributed by atoms with Crippen LogP contribution in [-0.2, 0) is 9.47 Å². The molecule has 0 radical (unpaired) electrons. The van der Waals surface area contributed by atoms with Gasteiger partial charge < -0.3 is 9.47 Å². The van der Waals surface area contributed by atoms with Crippen LogP contribution in [0.4, 0.5) is 0 Å². The second kappa shape index (κ2) is 6.89. The zero-order valence-electron chi connectivity index (χ0n) is 9.96. The van der Waals surface area contributed by atoms with E-state index in [0.717, 1.165) is 26.2 Å². The van der Waals surface area contributed by atoms with E-state index in [1.165, 1.54) is 38.4 Å². The Labute approximate surface area is 93.7 Å². The highest BCUT2D eigenvalue weighted by Gasteiger charge is 2.35. The van der Waals surface area contributed by atoms with Crippen LogP contribution >= 0.6 is 0 Å². The van der Waals surface area contributed by atoms with E-state index in [1.807, 2.05) is 0 Å². The van der Waals surface area contributed by atoms with E-state index in [1.54, 1.807) is 0 Å². The van der Waals surface area contributed by atoms with Gasteiger partial charge >= 0.3 is 0 Å². The van der Waals surface area contributed by atoms with Crippen LogP contribution < -0.4 is 0 Å². The van der Waals surface area contributed by atoms with Crippen molar-refractivity contribution in [1.29, 1.82) is 0 Å². The van der Waals surface area contributed by atoms with Crippen molar-refractivity contribution in [1.82, 2.24) is 0 Å². The van der Waals surface area contributed by atoms with Gasteiger partial charge in [-0.3, -0.25) is 0 Å². The van der Waals surface area contributed by atoms with Crippen LogP contribution in [0.2, 0.25) is 0 Å². The summed E-state index contributed by atoms with van der Waals surface area (Å²) in [7, 11) is 0. The molecule has 0 aromatic carbocycles. The van der Waals surface area contributed by atoms with E-state index >= 15 is 0 Å². The SMILES string of the molecule is C=COCCCCCCC1(CC)COC1. The third kappa shape index (κ3) is 4.25. The monoisotopic (exact) mass is 212 g/mol. The lowest BCUT2D eigenvalue weighted by Crippen LogP contribution is -2.41. The highest BCUT2D eigenvalue weighted by Crippen LogP contribution is 2.36. The quantitative estimate of drug-likeness (QED) is 0.430. The molecular formula is C13H24O2. The molecule has 0 saturated carbocycles. The predicted octanol–water partition coefficient (Wildman–Crippen LogP) is 3.52. The maximum Gasteiger partial charge on any atom is 0.0873 e. The van der Waals surface area contributed by atoms with Gasteiger partial charge in [0.1, 0.15) is 0 Å². The summed E-state index contributed by atoms with van der Waals surface area (Å²) >= 11 is 0. The molecule has 0 aliphatic carbocycles. The fraction of sp³-hybridized carbons (Fsp3) is 0.846. The van der Waals surface area contributed by atoms with Crippen LogP contribution in [-0.4, -0.2) is 19.8 Å². The van der Waals surface area contributed by atoms with E-state index < -0.39 is 0 Å². The van der Waals surface area contributed by atoms with E-state index in [-0.39, 0.29) is 0 Å². The van der Waals surface area contributed by atoms with E-state index in [4.69, 9.17) is 9.47 Å². The molecule has 1 saturated heterocycles. The molecule has 0 unspecified atom stereocenters. The molecule has 1 aliphatic heterocycles. The molecular weight excluding hydrogens is 188 g/mol. The fourth-order valence-corrected chi connectivity index (χ4v) is 2.04. The smallest absolute Gasteiger partial charge is 0.0873 e. The summed E-state index contributed by atoms with van der Waals surface area (Å²) in [6, 6.07) is 0. The number of rotatable bonds is 9. The van der Waals surface area contributed by atoms with Crippen LogP contribution in [0.25, 0.3) is 0 Å². The van der Waals surface area contributed by atoms with Crippen molar-refractivity contribution in [2.45, 2.75) is 45.4 Å². The third-order valence-corrected chi connectivity index (χ3v) is 3.40. The first kappa shape index (κ1) is 12.6. The molecule has 1 heterocycles. The van der Waals surface area contributed by atoms with Crippen LogP contribution in [0.3, 0.4) is 0 Å². The maximum absolute atomic E-state index is 5.31. The minimum Gasteiger partial charge on any atom is -0.502 e. The molecule has 0 N–H and O–H groups in total. The number of hydrogen-bond acceptors (Lipinski definition) is 2. The zero-order chi connectivity index (χ0) is 11.0. The minimum absolute atomic E-state index is 0.539. The van der Waals surface area contributed by atoms with Gasteiger partial charge in [0.05, 0.1) is 26.1 Å². The van der Waals surface area contributed by atoms with E-state index in [2.05, 4.69) is 13.5 Å². The summed E-state index contributed by atoms with van der Waals surface area (Å²) in [6.07, 6.45) is 9.22. The van der Waals surface area contributed by atoms with Crippen LogP contribution in [0.1, 0.15) is 45.4 Å². The molecule has 0 bridgehead atoms. The van der Waals surface area contributed by atoms with Crippen molar-refractivity contribution in [2.75, 3.05) is 19.8 Å². The van der Waals surface area contributed by atoms with Gasteiger partial charge in [-0.1, -0.05) is 32.8 Å². The Morgan fingerprint density at radius 1 is 1.27 bits per heavy atom. The summed E-state index contributed by atoms with van der Waals surface area (Å²) in [5.74, 6) is 0. The van der Waals surface area contributed by atoms with Crippen LogP contribution in [0.15, 0.2) is 12.8 Å². The molecule has 0 amide bonds. The number of unbranched alkanes of at least 4 members (excludes halogenated alkanes) is 3. The molecule has 2 heteroatoms. The molecule has 88 valence electrons. The first-order valence-electron chi connectivity index (χ1n) is 6.13. The lowest BCUT2D eigenvalue weighted by molar-refractivity contribution is -0.120. The molecule has 0 aromatic heterocycles. The predicted molar refractivity (Wildman–Crippen MR) is 62.8 cm³/mol. The lowest BCUT2D eigenvalue weighted by atomic mass is 9.78. The molecule has 0 spiro atoms. The Kier molecular flexibility index (Phi) is 5.77. The zero-order valence-corrected chi connectivity index (χ0v) is 9.96. The highest BCUT2D eigenvalue weighted by molar-refractivity contribution is 4.83. The van der Waals surface area contributed by atoms with Crippen LogP contribution in [0.5, 0.6) is 0 Å². The average Bonchev–Trinajstić information content (AvgIpc) is 2.20. The van der Waals surface area contributed by atoms with Gasteiger partial charge in [-0.15, -0.1) is 0 Å². The number of hydrogen-bond donors (Lipinski definition) is 0. The Morgan fingerprint density at radius 3 is 2.53 bits per heavy atom. The molecule has 15 heavy (non-hydrogen) atoms. The third-order valence-electron chi connectivity index (χ3n) is 3.40. The molecule has 1 fully saturated rings. The van der Waals surface area contributed by atoms with Gasteiger partial charge in [-0.25, -0.2) is 0 Å². The standard InChI is InChI=1S/C13H24O2/c1-3-13(11-15-12-13)9-7-5-6-8-10-14-4-2/h4H,2-3,5-12H2,1H3. The van der Waals surface area contributed by atoms with Crippen molar-refractivity contribution >= 4 is 0 Å². The Hall–Kier alpha value is -0.500. The average molecular weight is 212 g/mol. The Balaban J connectivity index is 1.90. The fourth-order valence-electron chi connectivity index (χ4n) is 2.04. The Morgan fingerprint density at radius 2 is 2.00 bits per heavy atom. The van der Waals surface area contributed by atoms with Gasteiger partial charge in [0, 0.05) is 5.41 Å². The lowest BCUT2D eigenvalue weighted by Gasteiger charge is -2.41. The van der Waals surface area contributed by atoms with Gasteiger partial charge in [0.2, 0.25) is 0 Å². The summed E-state index contributed by atoms with van der Waals surface area (Å²) in [5, 5.41) is 0. The van der Waals surface area contributed by atoms with Gasteiger partial charge in [0.15, 0.2) is 0 Å². The molecule has 2 nitrogen and oxygen atoms in total. The second-order valence-corrected chi connectivity index (χ2v) is 4.55. The van der Waals surface area contributed by atoms with Crippen molar-refractivity contribution in [3.8, 4) is 0 Å². The summed E-state index contributed by atoms with van der Waals surface area (Å²) < 4.78 is 10.4. The topological polar surface area (TPSA) is 18.5 Å². The van der Waals surface area contributed by atoms with E-state index in [9.17, 15) is 0 Å². The van der Waals surface area contributed by atoms with E-state index in [0.29, 0.717) is 5.41 Å². The Bertz CT molecular complexity index is 168. The van der Waals surface area contributed by atoms with Crippen LogP contribution in [0, 0.1) is 5.41 Å². The summed E-state index contributed by atoms with van der Waals surface area (Å²) in [5.41, 5.74) is 0.539. The molecule has 1 rings (SSSR count). The van der Waals surface area contributed by atoms with Gasteiger partial charge in [0.25, 0.3) is 0 Å². The molecule has 0 atom stereocenters. The summed E-state index contributed by atoms with van der Waals surface area (Å²) in [4.78, 5) is 0. The second-order valence-electron chi connectivity index (χ2n) is 4.55.